The van der Waals surface area contributed by atoms with Crippen LogP contribution in [0, 0.1) is 20.8 Å². The summed E-state index contributed by atoms with van der Waals surface area (Å²) in [4.78, 5) is 4.46. The van der Waals surface area contributed by atoms with E-state index in [1.165, 1.54) is 5.56 Å². The van der Waals surface area contributed by atoms with E-state index < -0.39 is 0 Å². The summed E-state index contributed by atoms with van der Waals surface area (Å²) in [7, 11) is 0. The lowest BCUT2D eigenvalue weighted by Crippen LogP contribution is -2.21. The average molecular weight is 259 g/mol. The highest BCUT2D eigenvalue weighted by Gasteiger charge is 2.15. The second-order valence-electron chi connectivity index (χ2n) is 5.16. The number of benzene rings is 1. The number of hydrogen-bond donors (Lipinski definition) is 1. The van der Waals surface area contributed by atoms with Crippen molar-refractivity contribution in [1.29, 1.82) is 0 Å². The molecule has 1 heterocycles. The van der Waals surface area contributed by atoms with Crippen molar-refractivity contribution >= 4 is 0 Å². The number of hydrogen-bond acceptors (Lipinski definition) is 4. The van der Waals surface area contributed by atoms with E-state index in [0.29, 0.717) is 18.1 Å². The molecule has 0 aliphatic carbocycles. The van der Waals surface area contributed by atoms with Gasteiger partial charge in [0, 0.05) is 18.0 Å². The molecule has 2 N–H and O–H groups in total. The van der Waals surface area contributed by atoms with Gasteiger partial charge in [-0.2, -0.15) is 4.98 Å². The molecule has 1 atom stereocenters. The third-order valence-electron chi connectivity index (χ3n) is 3.33. The number of aromatic nitrogens is 2. The maximum atomic E-state index is 5.91. The highest BCUT2D eigenvalue weighted by Crippen LogP contribution is 2.27. The normalized spacial score (nSPS) is 12.7. The topological polar surface area (TPSA) is 64.9 Å². The molecule has 1 aromatic heterocycles. The molecule has 0 aliphatic rings. The molecule has 0 saturated carbocycles. The summed E-state index contributed by atoms with van der Waals surface area (Å²) < 4.78 is 5.38. The predicted molar refractivity (Wildman–Crippen MR) is 75.9 cm³/mol. The Morgan fingerprint density at radius 1 is 1.21 bits per heavy atom. The first kappa shape index (κ1) is 13.7. The molecule has 4 nitrogen and oxygen atoms in total. The Morgan fingerprint density at radius 3 is 2.42 bits per heavy atom. The third-order valence-corrected chi connectivity index (χ3v) is 3.33. The fourth-order valence-corrected chi connectivity index (χ4v) is 2.33. The monoisotopic (exact) mass is 259 g/mol. The fraction of sp³-hybridized carbons (Fsp3) is 0.467. The number of nitrogens with two attached hydrogens (primary N) is 1. The second kappa shape index (κ2) is 5.53. The van der Waals surface area contributed by atoms with Crippen molar-refractivity contribution in [2.75, 3.05) is 0 Å². The van der Waals surface area contributed by atoms with Crippen molar-refractivity contribution in [1.82, 2.24) is 10.1 Å². The van der Waals surface area contributed by atoms with Crippen LogP contribution in [0.4, 0.5) is 0 Å². The SMILES string of the molecule is CCC(N)Cc1noc(-c2c(C)cc(C)cc2C)n1. The van der Waals surface area contributed by atoms with Crippen molar-refractivity contribution < 1.29 is 4.52 Å². The molecule has 1 unspecified atom stereocenters. The van der Waals surface area contributed by atoms with Crippen LogP contribution in [0.2, 0.25) is 0 Å². The van der Waals surface area contributed by atoms with Crippen molar-refractivity contribution in [3.63, 3.8) is 0 Å². The van der Waals surface area contributed by atoms with Gasteiger partial charge in [0.25, 0.3) is 5.89 Å². The van der Waals surface area contributed by atoms with Gasteiger partial charge in [0.1, 0.15) is 0 Å². The van der Waals surface area contributed by atoms with E-state index in [-0.39, 0.29) is 6.04 Å². The molecule has 1 aromatic carbocycles. The lowest BCUT2D eigenvalue weighted by molar-refractivity contribution is 0.418. The number of rotatable bonds is 4. The molecule has 0 aliphatic heterocycles. The lowest BCUT2D eigenvalue weighted by atomic mass is 10.00. The van der Waals surface area contributed by atoms with E-state index in [4.69, 9.17) is 10.3 Å². The summed E-state index contributed by atoms with van der Waals surface area (Å²) in [5.74, 6) is 1.28. The summed E-state index contributed by atoms with van der Waals surface area (Å²) in [6, 6.07) is 4.35. The second-order valence-corrected chi connectivity index (χ2v) is 5.16. The van der Waals surface area contributed by atoms with Crippen LogP contribution in [0.5, 0.6) is 0 Å². The van der Waals surface area contributed by atoms with Gasteiger partial charge in [-0.15, -0.1) is 0 Å². The summed E-state index contributed by atoms with van der Waals surface area (Å²) in [5.41, 5.74) is 10.5. The van der Waals surface area contributed by atoms with Gasteiger partial charge in [-0.1, -0.05) is 29.8 Å². The zero-order valence-corrected chi connectivity index (χ0v) is 12.0. The summed E-state index contributed by atoms with van der Waals surface area (Å²) in [5, 5.41) is 4.02. The molecule has 0 radical (unpaired) electrons. The predicted octanol–water partition coefficient (Wildman–Crippen LogP) is 2.94. The highest BCUT2D eigenvalue weighted by atomic mass is 16.5. The smallest absolute Gasteiger partial charge is 0.258 e. The molecule has 0 fully saturated rings. The quantitative estimate of drug-likeness (QED) is 0.916. The minimum Gasteiger partial charge on any atom is -0.334 e. The summed E-state index contributed by atoms with van der Waals surface area (Å²) in [6.45, 7) is 8.27. The van der Waals surface area contributed by atoms with Gasteiger partial charge < -0.3 is 10.3 Å². The van der Waals surface area contributed by atoms with Crippen LogP contribution in [0.1, 0.15) is 35.9 Å². The number of aryl methyl sites for hydroxylation is 3. The van der Waals surface area contributed by atoms with Gasteiger partial charge in [-0.25, -0.2) is 0 Å². The van der Waals surface area contributed by atoms with E-state index in [0.717, 1.165) is 23.1 Å². The maximum absolute atomic E-state index is 5.91. The minimum atomic E-state index is 0.0886. The Labute approximate surface area is 114 Å². The average Bonchev–Trinajstić information content (AvgIpc) is 2.75. The Kier molecular flexibility index (Phi) is 4.00. The molecular weight excluding hydrogens is 238 g/mol. The van der Waals surface area contributed by atoms with E-state index in [9.17, 15) is 0 Å². The lowest BCUT2D eigenvalue weighted by Gasteiger charge is -2.06. The first-order valence-corrected chi connectivity index (χ1v) is 6.67. The Bertz CT molecular complexity index is 552. The van der Waals surface area contributed by atoms with Crippen molar-refractivity contribution in [2.24, 2.45) is 5.73 Å². The molecule has 4 heteroatoms. The zero-order valence-electron chi connectivity index (χ0n) is 12.0. The highest BCUT2D eigenvalue weighted by molar-refractivity contribution is 5.63. The molecule has 2 rings (SSSR count). The number of nitrogens with zero attached hydrogens (tertiary/aromatic N) is 2. The van der Waals surface area contributed by atoms with E-state index in [1.807, 2.05) is 0 Å². The first-order chi connectivity index (χ1) is 9.01. The summed E-state index contributed by atoms with van der Waals surface area (Å²) >= 11 is 0. The molecule has 0 saturated heterocycles. The van der Waals surface area contributed by atoms with Crippen molar-refractivity contribution in [3.05, 3.63) is 34.6 Å². The Hall–Kier alpha value is -1.68. The van der Waals surface area contributed by atoms with Gasteiger partial charge in [0.15, 0.2) is 5.82 Å². The Morgan fingerprint density at radius 2 is 1.84 bits per heavy atom. The largest absolute Gasteiger partial charge is 0.334 e. The molecular formula is C15H21N3O. The molecule has 19 heavy (non-hydrogen) atoms. The molecule has 2 aromatic rings. The Balaban J connectivity index is 2.33. The van der Waals surface area contributed by atoms with Crippen LogP contribution >= 0.6 is 0 Å². The van der Waals surface area contributed by atoms with E-state index in [1.54, 1.807) is 0 Å². The maximum Gasteiger partial charge on any atom is 0.258 e. The minimum absolute atomic E-state index is 0.0886. The van der Waals surface area contributed by atoms with Gasteiger partial charge in [0.05, 0.1) is 0 Å². The van der Waals surface area contributed by atoms with Crippen LogP contribution < -0.4 is 5.73 Å². The van der Waals surface area contributed by atoms with Crippen LogP contribution in [-0.4, -0.2) is 16.2 Å². The van der Waals surface area contributed by atoms with Gasteiger partial charge in [-0.3, -0.25) is 0 Å². The fourth-order valence-electron chi connectivity index (χ4n) is 2.33. The van der Waals surface area contributed by atoms with Crippen LogP contribution in [0.15, 0.2) is 16.7 Å². The molecule has 102 valence electrons. The molecule has 0 bridgehead atoms. The van der Waals surface area contributed by atoms with Crippen LogP contribution in [0.3, 0.4) is 0 Å². The molecule has 0 spiro atoms. The first-order valence-electron chi connectivity index (χ1n) is 6.67. The van der Waals surface area contributed by atoms with Crippen molar-refractivity contribution in [2.45, 2.75) is 46.6 Å². The molecule has 0 amide bonds. The third kappa shape index (κ3) is 3.01. The standard InChI is InChI=1S/C15H21N3O/c1-5-12(16)8-13-17-15(19-18-13)14-10(3)6-9(2)7-11(14)4/h6-7,12H,5,8,16H2,1-4H3. The van der Waals surface area contributed by atoms with Gasteiger partial charge >= 0.3 is 0 Å². The van der Waals surface area contributed by atoms with Gasteiger partial charge in [0.2, 0.25) is 0 Å². The van der Waals surface area contributed by atoms with Crippen LogP contribution in [-0.2, 0) is 6.42 Å². The van der Waals surface area contributed by atoms with Crippen LogP contribution in [0.25, 0.3) is 11.5 Å². The van der Waals surface area contributed by atoms with E-state index >= 15 is 0 Å². The van der Waals surface area contributed by atoms with E-state index in [2.05, 4.69) is 50.0 Å². The van der Waals surface area contributed by atoms with Gasteiger partial charge in [-0.05, 0) is 38.3 Å². The van der Waals surface area contributed by atoms with Crippen molar-refractivity contribution in [3.8, 4) is 11.5 Å². The zero-order chi connectivity index (χ0) is 14.0. The summed E-state index contributed by atoms with van der Waals surface area (Å²) in [6.07, 6.45) is 1.57.